The molecule has 2 rings (SSSR count). The summed E-state index contributed by atoms with van der Waals surface area (Å²) in [6, 6.07) is 14.0. The molecule has 0 fully saturated rings. The maximum atomic E-state index is 11.3. The Bertz CT molecular complexity index is 614. The van der Waals surface area contributed by atoms with Crippen LogP contribution in [0.3, 0.4) is 0 Å². The average Bonchev–Trinajstić information content (AvgIpc) is 2.46. The summed E-state index contributed by atoms with van der Waals surface area (Å²) in [6.07, 6.45) is 0. The second kappa shape index (κ2) is 5.08. The quantitative estimate of drug-likeness (QED) is 0.467. The number of hydrogen-bond donors (Lipinski definition) is 2. The second-order valence-corrected chi connectivity index (χ2v) is 3.57. The van der Waals surface area contributed by atoms with Gasteiger partial charge in [-0.25, -0.2) is 10.8 Å². The lowest BCUT2D eigenvalue weighted by Crippen LogP contribution is -2.29. The van der Waals surface area contributed by atoms with E-state index in [1.807, 2.05) is 6.07 Å². The fraction of sp³-hybridized carbons (Fsp3) is 0. The van der Waals surface area contributed by atoms with E-state index >= 15 is 0 Å². The zero-order valence-electron chi connectivity index (χ0n) is 9.42. The molecule has 2 aromatic rings. The molecule has 0 unspecified atom stereocenters. The van der Waals surface area contributed by atoms with E-state index < -0.39 is 0 Å². The van der Waals surface area contributed by atoms with E-state index in [1.54, 1.807) is 42.5 Å². The molecule has 0 aliphatic carbocycles. The molecule has 0 saturated heterocycles. The maximum absolute atomic E-state index is 11.3. The number of hydrazine groups is 1. The Morgan fingerprint density at radius 1 is 1.22 bits per heavy atom. The van der Waals surface area contributed by atoms with Gasteiger partial charge in [0.1, 0.15) is 11.8 Å². The zero-order chi connectivity index (χ0) is 13.0. The largest absolute Gasteiger partial charge is 0.290 e. The normalized spacial score (nSPS) is 9.56. The summed E-state index contributed by atoms with van der Waals surface area (Å²) in [5, 5.41) is 8.78. The van der Waals surface area contributed by atoms with Crippen molar-refractivity contribution in [2.24, 2.45) is 5.84 Å². The number of nitrogens with zero attached hydrogens (tertiary/aromatic N) is 2. The van der Waals surface area contributed by atoms with Crippen LogP contribution in [0.25, 0.3) is 11.3 Å². The highest BCUT2D eigenvalue weighted by molar-refractivity contribution is 5.94. The summed E-state index contributed by atoms with van der Waals surface area (Å²) in [4.78, 5) is 15.4. The number of carbonyl (C=O) groups excluding carboxylic acids is 1. The predicted molar refractivity (Wildman–Crippen MR) is 66.0 cm³/mol. The fourth-order valence-electron chi connectivity index (χ4n) is 1.53. The van der Waals surface area contributed by atoms with E-state index in [1.165, 1.54) is 0 Å². The number of benzene rings is 1. The number of pyridine rings is 1. The molecule has 88 valence electrons. The van der Waals surface area contributed by atoms with Crippen molar-refractivity contribution in [2.45, 2.75) is 0 Å². The van der Waals surface area contributed by atoms with Gasteiger partial charge in [-0.2, -0.15) is 5.26 Å². The van der Waals surface area contributed by atoms with Gasteiger partial charge in [0.2, 0.25) is 0 Å². The van der Waals surface area contributed by atoms with Crippen molar-refractivity contribution >= 4 is 5.91 Å². The molecule has 5 nitrogen and oxygen atoms in total. The van der Waals surface area contributed by atoms with Crippen LogP contribution >= 0.6 is 0 Å². The van der Waals surface area contributed by atoms with Crippen LogP contribution in [0.4, 0.5) is 0 Å². The molecule has 0 atom stereocenters. The maximum Gasteiger partial charge on any atom is 0.265 e. The Kier molecular flexibility index (Phi) is 3.32. The summed E-state index contributed by atoms with van der Waals surface area (Å²) in [7, 11) is 0. The standard InChI is InChI=1S/C13H10N4O/c14-8-11-2-1-3-12(16-11)9-4-6-10(7-5-9)13(18)17-15/h1-7H,15H2,(H,17,18). The lowest BCUT2D eigenvalue weighted by molar-refractivity contribution is 0.0953. The molecule has 0 bridgehead atoms. The first-order chi connectivity index (χ1) is 8.74. The van der Waals surface area contributed by atoms with Gasteiger partial charge in [0.05, 0.1) is 5.69 Å². The number of hydrogen-bond acceptors (Lipinski definition) is 4. The Morgan fingerprint density at radius 3 is 2.56 bits per heavy atom. The van der Waals surface area contributed by atoms with Crippen LogP contribution in [0, 0.1) is 11.3 Å². The molecule has 1 heterocycles. The molecule has 0 aliphatic rings. The van der Waals surface area contributed by atoms with Crippen molar-refractivity contribution in [3.05, 3.63) is 53.7 Å². The average molecular weight is 238 g/mol. The third kappa shape index (κ3) is 2.34. The molecule has 0 radical (unpaired) electrons. The van der Waals surface area contributed by atoms with Crippen LogP contribution in [-0.2, 0) is 0 Å². The van der Waals surface area contributed by atoms with Gasteiger partial charge in [-0.15, -0.1) is 0 Å². The lowest BCUT2D eigenvalue weighted by atomic mass is 10.1. The third-order valence-corrected chi connectivity index (χ3v) is 2.44. The van der Waals surface area contributed by atoms with Crippen LogP contribution < -0.4 is 11.3 Å². The zero-order valence-corrected chi connectivity index (χ0v) is 9.42. The molecular formula is C13H10N4O. The minimum atomic E-state index is -0.347. The third-order valence-electron chi connectivity index (χ3n) is 2.44. The smallest absolute Gasteiger partial charge is 0.265 e. The highest BCUT2D eigenvalue weighted by Gasteiger charge is 2.05. The molecule has 18 heavy (non-hydrogen) atoms. The number of aromatic nitrogens is 1. The molecule has 1 amide bonds. The minimum absolute atomic E-state index is 0.347. The van der Waals surface area contributed by atoms with Gasteiger partial charge >= 0.3 is 0 Å². The summed E-state index contributed by atoms with van der Waals surface area (Å²) < 4.78 is 0. The minimum Gasteiger partial charge on any atom is -0.290 e. The number of nitrogen functional groups attached to an aromatic ring is 1. The van der Waals surface area contributed by atoms with Crippen molar-refractivity contribution < 1.29 is 4.79 Å². The van der Waals surface area contributed by atoms with E-state index in [9.17, 15) is 4.79 Å². The van der Waals surface area contributed by atoms with Crippen molar-refractivity contribution in [3.63, 3.8) is 0 Å². The van der Waals surface area contributed by atoms with Crippen molar-refractivity contribution in [1.29, 1.82) is 5.26 Å². The van der Waals surface area contributed by atoms with Crippen LogP contribution in [0.1, 0.15) is 16.1 Å². The molecule has 5 heteroatoms. The van der Waals surface area contributed by atoms with E-state index in [0.29, 0.717) is 17.0 Å². The number of nitrogens with two attached hydrogens (primary N) is 1. The van der Waals surface area contributed by atoms with Gasteiger partial charge in [0.25, 0.3) is 5.91 Å². The van der Waals surface area contributed by atoms with E-state index in [0.717, 1.165) is 5.56 Å². The van der Waals surface area contributed by atoms with E-state index in [4.69, 9.17) is 11.1 Å². The summed E-state index contributed by atoms with van der Waals surface area (Å²) >= 11 is 0. The van der Waals surface area contributed by atoms with Gasteiger partial charge < -0.3 is 0 Å². The van der Waals surface area contributed by atoms with Gasteiger partial charge in [-0.3, -0.25) is 10.2 Å². The fourth-order valence-corrected chi connectivity index (χ4v) is 1.53. The first-order valence-electron chi connectivity index (χ1n) is 5.23. The monoisotopic (exact) mass is 238 g/mol. The molecule has 0 aliphatic heterocycles. The van der Waals surface area contributed by atoms with Crippen LogP contribution in [0.5, 0.6) is 0 Å². The van der Waals surface area contributed by atoms with Crippen molar-refractivity contribution in [1.82, 2.24) is 10.4 Å². The van der Waals surface area contributed by atoms with Gasteiger partial charge in [0.15, 0.2) is 0 Å². The number of carbonyl (C=O) groups is 1. The van der Waals surface area contributed by atoms with Gasteiger partial charge in [0, 0.05) is 11.1 Å². The van der Waals surface area contributed by atoms with E-state index in [-0.39, 0.29) is 5.91 Å². The Labute approximate surface area is 104 Å². The second-order valence-electron chi connectivity index (χ2n) is 3.57. The first kappa shape index (κ1) is 11.8. The molecular weight excluding hydrogens is 228 g/mol. The summed E-state index contributed by atoms with van der Waals surface area (Å²) in [5.74, 6) is 4.70. The molecule has 0 saturated carbocycles. The molecule has 1 aromatic heterocycles. The molecule has 1 aromatic carbocycles. The lowest BCUT2D eigenvalue weighted by Gasteiger charge is -2.03. The number of nitrogens with one attached hydrogen (secondary N) is 1. The van der Waals surface area contributed by atoms with Crippen molar-refractivity contribution in [3.8, 4) is 17.3 Å². The Hall–Kier alpha value is -2.71. The molecule has 3 N–H and O–H groups in total. The number of rotatable bonds is 2. The topological polar surface area (TPSA) is 91.8 Å². The van der Waals surface area contributed by atoms with Gasteiger partial charge in [-0.05, 0) is 24.3 Å². The number of amides is 1. The highest BCUT2D eigenvalue weighted by atomic mass is 16.2. The molecule has 0 spiro atoms. The van der Waals surface area contributed by atoms with Crippen LogP contribution in [0.15, 0.2) is 42.5 Å². The summed E-state index contributed by atoms with van der Waals surface area (Å²) in [5.41, 5.74) is 4.41. The van der Waals surface area contributed by atoms with Crippen LogP contribution in [0.2, 0.25) is 0 Å². The predicted octanol–water partition coefficient (Wildman–Crippen LogP) is 1.22. The van der Waals surface area contributed by atoms with E-state index in [2.05, 4.69) is 10.4 Å². The number of nitriles is 1. The summed E-state index contributed by atoms with van der Waals surface area (Å²) in [6.45, 7) is 0. The van der Waals surface area contributed by atoms with Crippen LogP contribution in [-0.4, -0.2) is 10.9 Å². The SMILES string of the molecule is N#Cc1cccc(-c2ccc(C(=O)NN)cc2)n1. The first-order valence-corrected chi connectivity index (χ1v) is 5.23. The highest BCUT2D eigenvalue weighted by Crippen LogP contribution is 2.17. The Morgan fingerprint density at radius 2 is 1.94 bits per heavy atom. The van der Waals surface area contributed by atoms with Crippen molar-refractivity contribution in [2.75, 3.05) is 0 Å². The Balaban J connectivity index is 2.34. The van der Waals surface area contributed by atoms with Gasteiger partial charge in [-0.1, -0.05) is 18.2 Å².